The highest BCUT2D eigenvalue weighted by Gasteiger charge is 2.13. The van der Waals surface area contributed by atoms with E-state index in [-0.39, 0.29) is 13.1 Å². The van der Waals surface area contributed by atoms with Gasteiger partial charge in [0, 0.05) is 16.7 Å². The molecule has 0 bridgehead atoms. The van der Waals surface area contributed by atoms with Crippen molar-refractivity contribution in [1.82, 2.24) is 4.90 Å². The fourth-order valence-corrected chi connectivity index (χ4v) is 2.06. The predicted octanol–water partition coefficient (Wildman–Crippen LogP) is -0.196. The quantitative estimate of drug-likeness (QED) is 0.631. The number of primary amides is 2. The third kappa shape index (κ3) is 4.72. The SMILES string of the molecule is NC(=O)CN(CC(N)=O)Cc1ccc(N)cc1Br. The summed E-state index contributed by atoms with van der Waals surface area (Å²) in [7, 11) is 0. The number of benzene rings is 1. The van der Waals surface area contributed by atoms with Gasteiger partial charge >= 0.3 is 0 Å². The van der Waals surface area contributed by atoms with Gasteiger partial charge in [0.2, 0.25) is 11.8 Å². The summed E-state index contributed by atoms with van der Waals surface area (Å²) in [5, 5.41) is 0. The van der Waals surface area contributed by atoms with E-state index in [4.69, 9.17) is 17.2 Å². The van der Waals surface area contributed by atoms with E-state index in [1.807, 2.05) is 6.07 Å². The van der Waals surface area contributed by atoms with Gasteiger partial charge in [0.05, 0.1) is 13.1 Å². The molecule has 1 rings (SSSR count). The van der Waals surface area contributed by atoms with E-state index in [0.717, 1.165) is 10.0 Å². The summed E-state index contributed by atoms with van der Waals surface area (Å²) < 4.78 is 0.807. The summed E-state index contributed by atoms with van der Waals surface area (Å²) in [5.74, 6) is -1.02. The van der Waals surface area contributed by atoms with Crippen molar-refractivity contribution < 1.29 is 9.59 Å². The molecule has 2 amide bonds. The van der Waals surface area contributed by atoms with Gasteiger partial charge < -0.3 is 17.2 Å². The predicted molar refractivity (Wildman–Crippen MR) is 72.2 cm³/mol. The second-order valence-corrected chi connectivity index (χ2v) is 4.78. The van der Waals surface area contributed by atoms with Crippen molar-refractivity contribution in [3.05, 3.63) is 28.2 Å². The lowest BCUT2D eigenvalue weighted by atomic mass is 10.2. The molecule has 0 saturated carbocycles. The van der Waals surface area contributed by atoms with E-state index in [9.17, 15) is 9.59 Å². The molecule has 0 spiro atoms. The highest BCUT2D eigenvalue weighted by molar-refractivity contribution is 9.10. The van der Waals surface area contributed by atoms with Crippen molar-refractivity contribution in [2.75, 3.05) is 18.8 Å². The van der Waals surface area contributed by atoms with Crippen molar-refractivity contribution in [2.24, 2.45) is 11.5 Å². The van der Waals surface area contributed by atoms with Gasteiger partial charge in [-0.25, -0.2) is 0 Å². The normalized spacial score (nSPS) is 10.6. The van der Waals surface area contributed by atoms with E-state index in [1.165, 1.54) is 0 Å². The average molecular weight is 315 g/mol. The van der Waals surface area contributed by atoms with Crippen molar-refractivity contribution in [1.29, 1.82) is 0 Å². The molecule has 6 nitrogen and oxygen atoms in total. The van der Waals surface area contributed by atoms with Gasteiger partial charge in [-0.05, 0) is 17.7 Å². The smallest absolute Gasteiger partial charge is 0.231 e. The number of hydrogen-bond acceptors (Lipinski definition) is 4. The van der Waals surface area contributed by atoms with Gasteiger partial charge in [-0.2, -0.15) is 0 Å². The highest BCUT2D eigenvalue weighted by atomic mass is 79.9. The van der Waals surface area contributed by atoms with E-state index in [2.05, 4.69) is 15.9 Å². The van der Waals surface area contributed by atoms with Crippen LogP contribution in [0.5, 0.6) is 0 Å². The fourth-order valence-electron chi connectivity index (χ4n) is 1.54. The minimum atomic E-state index is -0.511. The Bertz CT molecular complexity index is 448. The maximum atomic E-state index is 10.9. The van der Waals surface area contributed by atoms with Crippen LogP contribution in [0, 0.1) is 0 Å². The minimum absolute atomic E-state index is 0.0280. The Hall–Kier alpha value is -1.60. The van der Waals surface area contributed by atoms with Crippen LogP contribution in [0.1, 0.15) is 5.56 Å². The zero-order valence-corrected chi connectivity index (χ0v) is 11.3. The largest absolute Gasteiger partial charge is 0.399 e. The van der Waals surface area contributed by atoms with Gasteiger partial charge in [-0.15, -0.1) is 0 Å². The minimum Gasteiger partial charge on any atom is -0.399 e. The number of anilines is 1. The number of rotatable bonds is 6. The summed E-state index contributed by atoms with van der Waals surface area (Å²) >= 11 is 3.37. The second kappa shape index (κ2) is 6.36. The lowest BCUT2D eigenvalue weighted by Crippen LogP contribution is -2.39. The third-order valence-electron chi connectivity index (χ3n) is 2.23. The number of nitrogen functional groups attached to an aromatic ring is 1. The molecule has 7 heteroatoms. The van der Waals surface area contributed by atoms with Crippen LogP contribution < -0.4 is 17.2 Å². The Labute approximate surface area is 113 Å². The molecule has 0 unspecified atom stereocenters. The van der Waals surface area contributed by atoms with Crippen LogP contribution in [0.4, 0.5) is 5.69 Å². The molecule has 6 N–H and O–H groups in total. The Morgan fingerprint density at radius 3 is 2.17 bits per heavy atom. The summed E-state index contributed by atoms with van der Waals surface area (Å²) in [5.41, 5.74) is 17.4. The number of nitrogens with zero attached hydrogens (tertiary/aromatic N) is 1. The first-order chi connectivity index (χ1) is 8.38. The molecule has 1 aromatic rings. The molecule has 0 aliphatic rings. The van der Waals surface area contributed by atoms with Crippen molar-refractivity contribution >= 4 is 33.4 Å². The number of amides is 2. The number of halogens is 1. The Morgan fingerprint density at radius 2 is 1.72 bits per heavy atom. The molecular formula is C11H15BrN4O2. The average Bonchev–Trinajstić information content (AvgIpc) is 2.20. The molecule has 0 saturated heterocycles. The molecule has 0 aromatic heterocycles. The topological polar surface area (TPSA) is 115 Å². The summed E-state index contributed by atoms with van der Waals surface area (Å²) in [6.07, 6.45) is 0. The van der Waals surface area contributed by atoms with Gasteiger partial charge in [-0.3, -0.25) is 14.5 Å². The van der Waals surface area contributed by atoms with E-state index in [0.29, 0.717) is 12.2 Å². The zero-order chi connectivity index (χ0) is 13.7. The van der Waals surface area contributed by atoms with Gasteiger partial charge in [0.25, 0.3) is 0 Å². The monoisotopic (exact) mass is 314 g/mol. The maximum Gasteiger partial charge on any atom is 0.231 e. The summed E-state index contributed by atoms with van der Waals surface area (Å²) in [4.78, 5) is 23.4. The van der Waals surface area contributed by atoms with E-state index < -0.39 is 11.8 Å². The number of carbonyl (C=O) groups is 2. The van der Waals surface area contributed by atoms with Crippen molar-refractivity contribution in [3.63, 3.8) is 0 Å². The van der Waals surface area contributed by atoms with Gasteiger partial charge in [0.1, 0.15) is 0 Å². The van der Waals surface area contributed by atoms with Crippen LogP contribution in [0.2, 0.25) is 0 Å². The molecule has 18 heavy (non-hydrogen) atoms. The van der Waals surface area contributed by atoms with Gasteiger partial charge in [0.15, 0.2) is 0 Å². The maximum absolute atomic E-state index is 10.9. The Kier molecular flexibility index (Phi) is 5.11. The third-order valence-corrected chi connectivity index (χ3v) is 2.97. The number of hydrogen-bond donors (Lipinski definition) is 3. The van der Waals surface area contributed by atoms with Crippen LogP contribution in [0.25, 0.3) is 0 Å². The standard InChI is InChI=1S/C11H15BrN4O2/c12-9-3-8(13)2-1-7(9)4-16(5-10(14)17)6-11(15)18/h1-3H,4-6,13H2,(H2,14,17)(H2,15,18). The second-order valence-electron chi connectivity index (χ2n) is 3.93. The number of carbonyl (C=O) groups excluding carboxylic acids is 2. The molecule has 1 aromatic carbocycles. The number of nitrogens with two attached hydrogens (primary N) is 3. The van der Waals surface area contributed by atoms with Crippen LogP contribution in [0.3, 0.4) is 0 Å². The van der Waals surface area contributed by atoms with Crippen LogP contribution in [-0.4, -0.2) is 29.8 Å². The molecule has 98 valence electrons. The molecular weight excluding hydrogens is 300 g/mol. The first-order valence-electron chi connectivity index (χ1n) is 5.21. The first kappa shape index (κ1) is 14.5. The van der Waals surface area contributed by atoms with Crippen molar-refractivity contribution in [2.45, 2.75) is 6.54 Å². The van der Waals surface area contributed by atoms with E-state index in [1.54, 1.807) is 17.0 Å². The lowest BCUT2D eigenvalue weighted by Gasteiger charge is -2.19. The van der Waals surface area contributed by atoms with Crippen LogP contribution in [-0.2, 0) is 16.1 Å². The Balaban J connectivity index is 2.81. The van der Waals surface area contributed by atoms with Crippen molar-refractivity contribution in [3.8, 4) is 0 Å². The molecule has 0 aliphatic heterocycles. The molecule has 0 atom stereocenters. The first-order valence-corrected chi connectivity index (χ1v) is 6.00. The molecule has 0 heterocycles. The zero-order valence-electron chi connectivity index (χ0n) is 9.73. The van der Waals surface area contributed by atoms with Crippen LogP contribution >= 0.6 is 15.9 Å². The highest BCUT2D eigenvalue weighted by Crippen LogP contribution is 2.21. The summed E-state index contributed by atoms with van der Waals surface area (Å²) in [6, 6.07) is 5.31. The molecule has 0 radical (unpaired) electrons. The molecule has 0 aliphatic carbocycles. The van der Waals surface area contributed by atoms with E-state index >= 15 is 0 Å². The fraction of sp³-hybridized carbons (Fsp3) is 0.273. The van der Waals surface area contributed by atoms with Crippen LogP contribution in [0.15, 0.2) is 22.7 Å². The Morgan fingerprint density at radius 1 is 1.17 bits per heavy atom. The molecule has 0 fully saturated rings. The van der Waals surface area contributed by atoms with Gasteiger partial charge in [-0.1, -0.05) is 22.0 Å². The summed E-state index contributed by atoms with van der Waals surface area (Å²) in [6.45, 7) is 0.326. The lowest BCUT2D eigenvalue weighted by molar-refractivity contribution is -0.122.